The molecule has 720 valence electrons. The summed E-state index contributed by atoms with van der Waals surface area (Å²) in [5.41, 5.74) is 0. The van der Waals surface area contributed by atoms with Crippen LogP contribution in [-0.2, 0) is 262 Å². The minimum Gasteiger partial charge on any atom is -0.726 e. The summed E-state index contributed by atoms with van der Waals surface area (Å²) < 4.78 is 655. The normalized spacial score (nSPS) is 20.9. The maximum Gasteiger partial charge on any atom is 1.00 e. The zero-order valence-corrected chi connectivity index (χ0v) is 118. The van der Waals surface area contributed by atoms with Gasteiger partial charge in [-0.15, -0.1) is 0 Å². The first-order chi connectivity index (χ1) is 53.8. The molecule has 7 unspecified atom stereocenters. The molecule has 2 saturated heterocycles. The summed E-state index contributed by atoms with van der Waals surface area (Å²) in [7, 11) is -108. The molecule has 104 heteroatoms. The molecule has 2 amide bonds. The van der Waals surface area contributed by atoms with Gasteiger partial charge in [0.15, 0.2) is 37.0 Å². The fourth-order valence-corrected chi connectivity index (χ4v) is 16.3. The van der Waals surface area contributed by atoms with Gasteiger partial charge in [-0.1, -0.05) is 32.1 Å². The average Bonchev–Trinajstić information content (AvgIpc) is 0.764. The van der Waals surface area contributed by atoms with Crippen molar-refractivity contribution in [3.63, 3.8) is 0 Å². The summed E-state index contributed by atoms with van der Waals surface area (Å²) in [4.78, 5) is 27.8. The Labute approximate surface area is 1140 Å². The Bertz CT molecular complexity index is 5220. The van der Waals surface area contributed by atoms with Crippen LogP contribution in [0.25, 0.3) is 0 Å². The minimum absolute atomic E-state index is 0. The third kappa shape index (κ3) is 88.0. The van der Waals surface area contributed by atoms with Crippen LogP contribution in [0.5, 0.6) is 0 Å². The molecule has 0 radical (unpaired) electrons. The smallest absolute Gasteiger partial charge is 0.726 e. The number of carbonyl (C=O) groups is 2. The van der Waals surface area contributed by atoms with E-state index in [9.17, 15) is 217 Å². The second kappa shape index (κ2) is 78.2. The number of unbranched alkanes of at least 4 members (excludes halogenated alkanes) is 6. The molecule has 0 saturated carbocycles. The van der Waals surface area contributed by atoms with Gasteiger partial charge < -0.3 is 102 Å². The van der Waals surface area contributed by atoms with Gasteiger partial charge in [-0.3, -0.25) is 76.5 Å². The molecular weight excluding hydrogens is 2430 g/mol. The summed E-state index contributed by atoms with van der Waals surface area (Å²) >= 11 is 0. The fourth-order valence-electron chi connectivity index (χ4n) is 9.37. The van der Waals surface area contributed by atoms with Crippen LogP contribution in [0.4, 0.5) is 0 Å². The van der Waals surface area contributed by atoms with E-state index in [0.717, 1.165) is 0 Å². The molecule has 2 rings (SSSR count). The molecular formula is C33H46N2Na16O70S16. The van der Waals surface area contributed by atoms with Crippen molar-refractivity contribution in [2.24, 2.45) is 0 Å². The Kier molecular flexibility index (Phi) is 104. The standard InChI is InChI=1S/C33H62N2O70S16.16Na/c36-30(26(102-118(74,75)76)22(98-114(62,63)64)18(16(94-110(50,51)52)12-88-108(44,45)46)92-32-28(104-120(80,81)82)24(100-116(68,69)70)20(96-112(56,57)58)14(90-32)10-86-106(38,39)40)34-8-6-4-2-1-3-5-7-9-35-31(37)27(103-119(77,78)79)23(99-115(65,66)67)19(17(95-111(53,54)55)13-89-109(47,48)49)93-33-29(105-121(83,84)85)25(101-117(71,72)73)21(97-113(59,60)61)15(91-33)11-87-107(41,42)43;;;;;;;;;;;;;;;;/h14-29,32-33H,1-13H2,(H,34,36)(H,35,37)(H,38,39,40)(H,41,42,43)(H,44,45,46)(H,47,48,49)(H,50,51,52)(H,53,54,55)(H,56,57,58)(H,59,60,61)(H,62,63,64)(H,65,66,67)(H,68,69,70)(H,71,72,73)(H,74,75,76)(H,77,78,79)(H,80,81,82)(H,83,84,85);;;;;;;;;;;;;;;;/q;16*+1/p-16/t14-,15+,16?,17?,18-,19?,20+,21-,22?,23?,24+,25-,26?,27?,28-,29+,32+,33-;;;;;;;;;;;;;;;;/m1................/s1. The van der Waals surface area contributed by atoms with Crippen LogP contribution in [0.3, 0.4) is 0 Å². The number of ether oxygens (including phenoxy) is 4. The van der Waals surface area contributed by atoms with Crippen molar-refractivity contribution >= 4 is 178 Å². The molecule has 2 heterocycles. The molecule has 0 aromatic heterocycles. The summed E-state index contributed by atoms with van der Waals surface area (Å²) in [6.07, 6.45) is -73.6. The Balaban J connectivity index is -0.000000716. The predicted octanol–water partition coefficient (Wildman–Crippen LogP) is -65.7. The van der Waals surface area contributed by atoms with Crippen molar-refractivity contribution in [3.8, 4) is 0 Å². The number of rotatable bonds is 58. The maximum absolute atomic E-state index is 13.9. The molecule has 0 aliphatic carbocycles. The third-order valence-electron chi connectivity index (χ3n) is 13.0. The minimum atomic E-state index is -7.07. The third-order valence-corrected chi connectivity index (χ3v) is 20.2. The van der Waals surface area contributed by atoms with Gasteiger partial charge in [0.1, 0.15) is 73.2 Å². The number of hydrogen-bond acceptors (Lipinski definition) is 70. The number of amides is 2. The van der Waals surface area contributed by atoms with Gasteiger partial charge in [-0.2, -0.15) is 0 Å². The molecule has 0 bridgehead atoms. The Morgan fingerprint density at radius 1 is 0.234 bits per heavy atom. The molecule has 18 atom stereocenters. The van der Waals surface area contributed by atoms with Crippen molar-refractivity contribution in [3.05, 3.63) is 0 Å². The van der Waals surface area contributed by atoms with E-state index in [4.69, 9.17) is 18.9 Å². The quantitative estimate of drug-likeness (QED) is 0.0247. The molecule has 2 fully saturated rings. The second-order valence-corrected chi connectivity index (χ2v) is 38.1. The molecule has 2 N–H and O–H groups in total. The first kappa shape index (κ1) is 182. The van der Waals surface area contributed by atoms with Crippen LogP contribution in [0.2, 0.25) is 0 Å². The van der Waals surface area contributed by atoms with E-state index >= 15 is 0 Å². The van der Waals surface area contributed by atoms with Gasteiger partial charge in [-0.05, 0) is 12.8 Å². The van der Waals surface area contributed by atoms with E-state index in [2.05, 4.69) is 66.9 Å². The molecule has 72 nitrogen and oxygen atoms in total. The average molecular weight is 2470 g/mol. The van der Waals surface area contributed by atoms with Gasteiger partial charge in [0.25, 0.3) is 11.8 Å². The Morgan fingerprint density at radius 2 is 0.431 bits per heavy atom. The Morgan fingerprint density at radius 3 is 0.628 bits per heavy atom. The van der Waals surface area contributed by atoms with E-state index in [-0.39, 0.29) is 505 Å². The second-order valence-electron chi connectivity index (χ2n) is 21.8. The molecule has 0 aromatic carbocycles. The number of hydrogen-bond donors (Lipinski definition) is 2. The van der Waals surface area contributed by atoms with Crippen molar-refractivity contribution in [2.75, 3.05) is 39.5 Å². The Hall–Kier alpha value is 12.7. The van der Waals surface area contributed by atoms with Crippen molar-refractivity contribution in [2.45, 2.75) is 155 Å². The monoisotopic (exact) mass is 2470 g/mol. The van der Waals surface area contributed by atoms with Crippen LogP contribution in [-0.4, -0.2) is 369 Å². The first-order valence-corrected chi connectivity index (χ1v) is 50.4. The summed E-state index contributed by atoms with van der Waals surface area (Å²) in [5.74, 6) is -5.02. The predicted molar refractivity (Wildman–Crippen MR) is 323 cm³/mol. The van der Waals surface area contributed by atoms with Crippen molar-refractivity contribution in [1.82, 2.24) is 10.6 Å². The number of nitrogens with one attached hydrogen (secondary N) is 2. The van der Waals surface area contributed by atoms with E-state index < -0.39 is 341 Å². The SMILES string of the molecule is O=C(NCCCCCCCCCNC(=O)C(OS(=O)(=O)[O-])C(OS(=O)(=O)[O-])[C@H](O[C@@H]1O[C@H](COS(=O)(=O)[O-])[C@H](OS(=O)(=O)[O-])[C@H](OS(=O)(=O)[O-])[C@H]1OS(=O)(=O)[O-])C(COS(=O)(=O)[O-])OS(=O)(=O)[O-])C(OS(=O)(=O)[O-])C(OS(=O)(=O)[O-])C(O[C@H]1O[C@@H](COS(=O)(=O)[O-])[C@@H](OS(=O)(=O)[O-])[C@@H](OS(=O)(=O)[O-])[C@@H]1OS(=O)(=O)[O-])C(COS(=O)(=O)[O-])OS(=O)(=O)[O-].[Na+].[Na+].[Na+].[Na+].[Na+].[Na+].[Na+].[Na+].[Na+].[Na+].[Na+].[Na+].[Na+].[Na+].[Na+].[Na+]. The van der Waals surface area contributed by atoms with E-state index in [1.54, 1.807) is 10.6 Å². The topological polar surface area (TPSA) is 1160 Å². The van der Waals surface area contributed by atoms with Crippen molar-refractivity contribution < 1.29 is 776 Å². The van der Waals surface area contributed by atoms with Crippen LogP contribution in [0.1, 0.15) is 44.9 Å². The zero-order chi connectivity index (χ0) is 94.3. The van der Waals surface area contributed by atoms with E-state index in [1.165, 1.54) is 0 Å². The van der Waals surface area contributed by atoms with Crippen LogP contribution in [0.15, 0.2) is 0 Å². The summed E-state index contributed by atoms with van der Waals surface area (Å²) in [6.45, 7) is -12.4. The zero-order valence-electron chi connectivity index (χ0n) is 72.7. The molecule has 0 spiro atoms. The largest absolute Gasteiger partial charge is 1.00 e. The van der Waals surface area contributed by atoms with E-state index in [1.807, 2.05) is 0 Å². The van der Waals surface area contributed by atoms with Crippen LogP contribution in [0, 0.1) is 0 Å². The van der Waals surface area contributed by atoms with Crippen LogP contribution >= 0.6 is 0 Å². The van der Waals surface area contributed by atoms with Crippen LogP contribution < -0.4 is 484 Å². The summed E-state index contributed by atoms with van der Waals surface area (Å²) in [5, 5.41) is 3.13. The molecule has 2 aliphatic heterocycles. The van der Waals surface area contributed by atoms with Crippen molar-refractivity contribution in [1.29, 1.82) is 0 Å². The maximum atomic E-state index is 13.9. The fraction of sp³-hybridized carbons (Fsp3) is 0.939. The van der Waals surface area contributed by atoms with Gasteiger partial charge >= 0.3 is 473 Å². The molecule has 137 heavy (non-hydrogen) atoms. The van der Waals surface area contributed by atoms with E-state index in [0.29, 0.717) is 0 Å². The number of carbonyl (C=O) groups excluding carboxylic acids is 2. The molecule has 0 aromatic rings. The van der Waals surface area contributed by atoms with Gasteiger partial charge in [-0.25, -0.2) is 135 Å². The van der Waals surface area contributed by atoms with Gasteiger partial charge in [0.05, 0.1) is 26.4 Å². The molecule has 2 aliphatic rings. The van der Waals surface area contributed by atoms with Gasteiger partial charge in [0.2, 0.25) is 166 Å². The first-order valence-electron chi connectivity index (χ1n) is 29.0. The van der Waals surface area contributed by atoms with Gasteiger partial charge in [0, 0.05) is 13.1 Å². The summed E-state index contributed by atoms with van der Waals surface area (Å²) in [6, 6.07) is 0.